The Hall–Kier alpha value is -2.11. The first-order valence-electron chi connectivity index (χ1n) is 5.88. The van der Waals surface area contributed by atoms with E-state index in [4.69, 9.17) is 23.2 Å². The summed E-state index contributed by atoms with van der Waals surface area (Å²) >= 11 is 11.8. The van der Waals surface area contributed by atoms with Crippen molar-refractivity contribution in [2.75, 3.05) is 11.9 Å². The Morgan fingerprint density at radius 3 is 2.38 bits per heavy atom. The average Bonchev–Trinajstić information content (AvgIpc) is 2.49. The van der Waals surface area contributed by atoms with Gasteiger partial charge in [-0.1, -0.05) is 41.4 Å². The summed E-state index contributed by atoms with van der Waals surface area (Å²) in [5, 5.41) is 10.8. The van der Waals surface area contributed by atoms with Gasteiger partial charge in [0.1, 0.15) is 0 Å². The fraction of sp³-hybridized carbons (Fsp3) is 0.0714. The number of halogens is 2. The first-order chi connectivity index (χ1) is 9.91. The lowest BCUT2D eigenvalue weighted by Gasteiger charge is -2.18. The van der Waals surface area contributed by atoms with Crippen molar-refractivity contribution in [1.29, 1.82) is 0 Å². The molecule has 0 unspecified atom stereocenters. The minimum absolute atomic E-state index is 0.00459. The molecule has 2 aromatic rings. The van der Waals surface area contributed by atoms with Crippen molar-refractivity contribution in [2.45, 2.75) is 0 Å². The van der Waals surface area contributed by atoms with Gasteiger partial charge in [0, 0.05) is 24.9 Å². The molecule has 7 heteroatoms. The molecule has 21 heavy (non-hydrogen) atoms. The lowest BCUT2D eigenvalue weighted by molar-refractivity contribution is -0.384. The molecule has 0 radical (unpaired) electrons. The number of hydrogen-bond donors (Lipinski definition) is 0. The minimum Gasteiger partial charge on any atom is -0.311 e. The van der Waals surface area contributed by atoms with Crippen LogP contribution in [0, 0.1) is 10.1 Å². The first kappa shape index (κ1) is 15.3. The van der Waals surface area contributed by atoms with Crippen LogP contribution in [0.25, 0.3) is 0 Å². The van der Waals surface area contributed by atoms with E-state index in [1.165, 1.54) is 4.90 Å². The molecule has 0 aliphatic heterocycles. The number of anilines is 1. The standard InChI is InChI=1S/C14H10Cl2N2O3/c1-17(9-5-3-2-4-6-9)14(19)11-7-10(18(20)21)8-12(15)13(11)16/h2-8H,1H3. The SMILES string of the molecule is CN(C(=O)c1cc([N+](=O)[O-])cc(Cl)c1Cl)c1ccccc1. The molecular formula is C14H10Cl2N2O3. The van der Waals surface area contributed by atoms with Gasteiger partial charge in [0.25, 0.3) is 11.6 Å². The maximum Gasteiger partial charge on any atom is 0.271 e. The fourth-order valence-electron chi connectivity index (χ4n) is 1.79. The molecule has 2 rings (SSSR count). The van der Waals surface area contributed by atoms with Crippen molar-refractivity contribution in [1.82, 2.24) is 0 Å². The molecule has 2 aromatic carbocycles. The summed E-state index contributed by atoms with van der Waals surface area (Å²) < 4.78 is 0. The molecule has 0 aromatic heterocycles. The highest BCUT2D eigenvalue weighted by molar-refractivity contribution is 6.44. The van der Waals surface area contributed by atoms with Crippen LogP contribution < -0.4 is 4.90 Å². The number of amides is 1. The quantitative estimate of drug-likeness (QED) is 0.628. The van der Waals surface area contributed by atoms with Gasteiger partial charge in [-0.25, -0.2) is 0 Å². The molecular weight excluding hydrogens is 315 g/mol. The highest BCUT2D eigenvalue weighted by Gasteiger charge is 2.22. The molecule has 0 N–H and O–H groups in total. The molecule has 0 aliphatic carbocycles. The van der Waals surface area contributed by atoms with E-state index < -0.39 is 10.8 Å². The molecule has 0 aliphatic rings. The van der Waals surface area contributed by atoms with Gasteiger partial charge >= 0.3 is 0 Å². The minimum atomic E-state index is -0.624. The van der Waals surface area contributed by atoms with Crippen LogP contribution in [0.15, 0.2) is 42.5 Å². The molecule has 1 amide bonds. The van der Waals surface area contributed by atoms with Crippen molar-refractivity contribution in [3.63, 3.8) is 0 Å². The molecule has 0 saturated heterocycles. The normalized spacial score (nSPS) is 10.2. The summed E-state index contributed by atoms with van der Waals surface area (Å²) in [5.41, 5.74) is 0.345. The number of benzene rings is 2. The molecule has 0 saturated carbocycles. The van der Waals surface area contributed by atoms with Crippen molar-refractivity contribution in [3.05, 3.63) is 68.2 Å². The second-order valence-corrected chi connectivity index (χ2v) is 5.03. The van der Waals surface area contributed by atoms with Crippen LogP contribution in [0.3, 0.4) is 0 Å². The van der Waals surface area contributed by atoms with Crippen LogP contribution >= 0.6 is 23.2 Å². The highest BCUT2D eigenvalue weighted by Crippen LogP contribution is 2.32. The second-order valence-electron chi connectivity index (χ2n) is 4.25. The van der Waals surface area contributed by atoms with E-state index in [0.29, 0.717) is 5.69 Å². The van der Waals surface area contributed by atoms with Crippen LogP contribution in [-0.2, 0) is 0 Å². The van der Waals surface area contributed by atoms with E-state index in [2.05, 4.69) is 0 Å². The van der Waals surface area contributed by atoms with Crippen molar-refractivity contribution < 1.29 is 9.72 Å². The molecule has 5 nitrogen and oxygen atoms in total. The van der Waals surface area contributed by atoms with Crippen LogP contribution in [0.2, 0.25) is 10.0 Å². The fourth-order valence-corrected chi connectivity index (χ4v) is 2.19. The summed E-state index contributed by atoms with van der Waals surface area (Å²) in [6.07, 6.45) is 0. The number of hydrogen-bond acceptors (Lipinski definition) is 3. The summed E-state index contributed by atoms with van der Waals surface area (Å²) in [6.45, 7) is 0. The number of nitro benzene ring substituents is 1. The number of carbonyl (C=O) groups is 1. The van der Waals surface area contributed by atoms with Gasteiger partial charge in [-0.05, 0) is 12.1 Å². The first-order valence-corrected chi connectivity index (χ1v) is 6.64. The second kappa shape index (κ2) is 6.11. The number of rotatable bonds is 3. The summed E-state index contributed by atoms with van der Waals surface area (Å²) in [5.74, 6) is -0.475. The van der Waals surface area contributed by atoms with Gasteiger partial charge < -0.3 is 4.90 Å². The summed E-state index contributed by atoms with van der Waals surface area (Å²) in [6, 6.07) is 11.1. The number of carbonyl (C=O) groups excluding carboxylic acids is 1. The lowest BCUT2D eigenvalue weighted by atomic mass is 10.1. The molecule has 0 atom stereocenters. The highest BCUT2D eigenvalue weighted by atomic mass is 35.5. The number of para-hydroxylation sites is 1. The van der Waals surface area contributed by atoms with E-state index in [0.717, 1.165) is 12.1 Å². The number of non-ortho nitro benzene ring substituents is 1. The predicted molar refractivity (Wildman–Crippen MR) is 82.3 cm³/mol. The maximum absolute atomic E-state index is 12.5. The average molecular weight is 325 g/mol. The van der Waals surface area contributed by atoms with Crippen LogP contribution in [0.1, 0.15) is 10.4 Å². The number of nitrogens with zero attached hydrogens (tertiary/aromatic N) is 2. The van der Waals surface area contributed by atoms with Crippen molar-refractivity contribution >= 4 is 40.5 Å². The topological polar surface area (TPSA) is 63.5 Å². The maximum atomic E-state index is 12.5. The molecule has 0 heterocycles. The van der Waals surface area contributed by atoms with E-state index in [1.807, 2.05) is 6.07 Å². The Bertz CT molecular complexity index is 705. The van der Waals surface area contributed by atoms with E-state index in [-0.39, 0.29) is 21.3 Å². The third kappa shape index (κ3) is 3.15. The van der Waals surface area contributed by atoms with Crippen LogP contribution in [-0.4, -0.2) is 17.9 Å². The Morgan fingerprint density at radius 1 is 1.19 bits per heavy atom. The van der Waals surface area contributed by atoms with Crippen LogP contribution in [0.5, 0.6) is 0 Å². The van der Waals surface area contributed by atoms with Gasteiger partial charge in [0.2, 0.25) is 0 Å². The van der Waals surface area contributed by atoms with Gasteiger partial charge in [0.05, 0.1) is 20.5 Å². The third-order valence-electron chi connectivity index (χ3n) is 2.90. The zero-order valence-electron chi connectivity index (χ0n) is 10.9. The van der Waals surface area contributed by atoms with Gasteiger partial charge in [-0.2, -0.15) is 0 Å². The molecule has 0 bridgehead atoms. The third-order valence-corrected chi connectivity index (χ3v) is 3.70. The predicted octanol–water partition coefficient (Wildman–Crippen LogP) is 4.18. The zero-order chi connectivity index (χ0) is 15.6. The Labute approximate surface area is 130 Å². The molecule has 0 spiro atoms. The molecule has 108 valence electrons. The monoisotopic (exact) mass is 324 g/mol. The van der Waals surface area contributed by atoms with E-state index in [9.17, 15) is 14.9 Å². The van der Waals surface area contributed by atoms with Crippen molar-refractivity contribution in [2.24, 2.45) is 0 Å². The summed E-state index contributed by atoms with van der Waals surface area (Å²) in [4.78, 5) is 24.0. The Balaban J connectivity index is 2.46. The van der Waals surface area contributed by atoms with Gasteiger partial charge in [0.15, 0.2) is 0 Å². The van der Waals surface area contributed by atoms with Crippen LogP contribution in [0.4, 0.5) is 11.4 Å². The van der Waals surface area contributed by atoms with E-state index in [1.54, 1.807) is 31.3 Å². The zero-order valence-corrected chi connectivity index (χ0v) is 12.4. The Kier molecular flexibility index (Phi) is 4.45. The van der Waals surface area contributed by atoms with Gasteiger partial charge in [-0.15, -0.1) is 0 Å². The number of nitro groups is 1. The van der Waals surface area contributed by atoms with Crippen molar-refractivity contribution in [3.8, 4) is 0 Å². The molecule has 0 fully saturated rings. The largest absolute Gasteiger partial charge is 0.311 e. The van der Waals surface area contributed by atoms with E-state index >= 15 is 0 Å². The smallest absolute Gasteiger partial charge is 0.271 e. The summed E-state index contributed by atoms with van der Waals surface area (Å²) in [7, 11) is 1.56. The Morgan fingerprint density at radius 2 is 1.81 bits per heavy atom. The lowest BCUT2D eigenvalue weighted by Crippen LogP contribution is -2.26. The van der Waals surface area contributed by atoms with Gasteiger partial charge in [-0.3, -0.25) is 14.9 Å².